The van der Waals surface area contributed by atoms with Gasteiger partial charge in [0.15, 0.2) is 6.29 Å². The van der Waals surface area contributed by atoms with Crippen LogP contribution in [0.3, 0.4) is 0 Å². The Morgan fingerprint density at radius 3 is 2.83 bits per heavy atom. The van der Waals surface area contributed by atoms with E-state index in [1.54, 1.807) is 18.2 Å². The molecule has 0 aromatic heterocycles. The maximum absolute atomic E-state index is 10.4. The van der Waals surface area contributed by atoms with Crippen molar-refractivity contribution in [2.45, 2.75) is 0 Å². The lowest BCUT2D eigenvalue weighted by Gasteiger charge is -2.00. The Hall–Kier alpha value is -0.190. The van der Waals surface area contributed by atoms with Gasteiger partial charge in [0.05, 0.1) is 5.02 Å². The zero-order valence-electron chi connectivity index (χ0n) is 5.79. The van der Waals surface area contributed by atoms with Gasteiger partial charge >= 0.3 is 0 Å². The number of rotatable bonds is 3. The van der Waals surface area contributed by atoms with E-state index in [2.05, 4.69) is 14.8 Å². The summed E-state index contributed by atoms with van der Waals surface area (Å²) in [6.07, 6.45) is 0.702. The van der Waals surface area contributed by atoms with Gasteiger partial charge in [-0.05, 0) is 12.1 Å². The highest BCUT2D eigenvalue weighted by Crippen LogP contribution is 2.25. The fourth-order valence-corrected chi connectivity index (χ4v) is 1.54. The highest BCUT2D eigenvalue weighted by molar-refractivity contribution is 9.49. The largest absolute Gasteiger partial charge is 0.414 e. The predicted molar refractivity (Wildman–Crippen MR) is 54.0 cm³/mol. The van der Waals surface area contributed by atoms with Crippen LogP contribution in [-0.2, 0) is 0 Å². The summed E-state index contributed by atoms with van der Waals surface area (Å²) >= 11 is 8.76. The Morgan fingerprint density at radius 2 is 2.33 bits per heavy atom. The van der Waals surface area contributed by atoms with Crippen molar-refractivity contribution in [2.24, 2.45) is 0 Å². The van der Waals surface area contributed by atoms with Crippen LogP contribution < -0.4 is 4.18 Å². The van der Waals surface area contributed by atoms with Crippen molar-refractivity contribution >= 4 is 43.2 Å². The minimum absolute atomic E-state index is 0.393. The average Bonchev–Trinajstić information content (AvgIpc) is 2.05. The molecule has 0 aliphatic carbocycles. The van der Waals surface area contributed by atoms with Gasteiger partial charge in [-0.1, -0.05) is 11.6 Å². The molecule has 0 spiro atoms. The third-order valence-corrected chi connectivity index (χ3v) is 2.21. The summed E-state index contributed by atoms with van der Waals surface area (Å²) in [5.74, 6) is 0.604. The number of carbonyl (C=O) groups is 1. The summed E-state index contributed by atoms with van der Waals surface area (Å²) in [5.41, 5.74) is 0.462. The molecule has 5 heteroatoms. The average molecular weight is 268 g/mol. The van der Waals surface area contributed by atoms with Gasteiger partial charge in [-0.15, -0.1) is 0 Å². The van der Waals surface area contributed by atoms with E-state index in [-0.39, 0.29) is 0 Å². The SMILES string of the molecule is O=Cc1ccc(OSBr)cc1Cl. The Labute approximate surface area is 86.6 Å². The number of halogens is 2. The van der Waals surface area contributed by atoms with E-state index in [4.69, 9.17) is 15.8 Å². The fourth-order valence-electron chi connectivity index (χ4n) is 0.692. The Kier molecular flexibility index (Phi) is 3.91. The third-order valence-electron chi connectivity index (χ3n) is 1.23. The van der Waals surface area contributed by atoms with E-state index in [0.717, 1.165) is 10.5 Å². The smallest absolute Gasteiger partial charge is 0.151 e. The van der Waals surface area contributed by atoms with Crippen LogP contribution in [0.15, 0.2) is 18.2 Å². The summed E-state index contributed by atoms with van der Waals surface area (Å²) in [6, 6.07) is 4.86. The minimum atomic E-state index is 0.393. The molecule has 0 aliphatic heterocycles. The summed E-state index contributed by atoms with van der Waals surface area (Å²) < 4.78 is 5.02. The Morgan fingerprint density at radius 1 is 1.58 bits per heavy atom. The molecule has 0 saturated heterocycles. The van der Waals surface area contributed by atoms with Crippen LogP contribution in [0.5, 0.6) is 5.75 Å². The van der Waals surface area contributed by atoms with Gasteiger partial charge < -0.3 is 4.18 Å². The van der Waals surface area contributed by atoms with Gasteiger partial charge in [-0.25, -0.2) is 0 Å². The minimum Gasteiger partial charge on any atom is -0.414 e. The van der Waals surface area contributed by atoms with E-state index < -0.39 is 0 Å². The number of benzene rings is 1. The Balaban J connectivity index is 2.93. The van der Waals surface area contributed by atoms with Gasteiger partial charge in [-0.3, -0.25) is 4.79 Å². The molecule has 1 aromatic rings. The van der Waals surface area contributed by atoms with Crippen LogP contribution in [0.2, 0.25) is 5.02 Å². The van der Waals surface area contributed by atoms with Gasteiger partial charge in [0, 0.05) is 26.4 Å². The van der Waals surface area contributed by atoms with Crippen molar-refractivity contribution in [3.63, 3.8) is 0 Å². The summed E-state index contributed by atoms with van der Waals surface area (Å²) in [5, 5.41) is 0.393. The molecule has 0 amide bonds. The zero-order chi connectivity index (χ0) is 8.97. The highest BCUT2D eigenvalue weighted by Gasteiger charge is 2.00. The van der Waals surface area contributed by atoms with E-state index in [9.17, 15) is 4.79 Å². The standard InChI is InChI=1S/C7H4BrClO2S/c8-12-11-6-2-1-5(4-10)7(9)3-6/h1-4H. The second-order valence-electron chi connectivity index (χ2n) is 1.95. The first-order valence-electron chi connectivity index (χ1n) is 2.98. The van der Waals surface area contributed by atoms with E-state index >= 15 is 0 Å². The first-order valence-corrected chi connectivity index (χ1v) is 5.94. The van der Waals surface area contributed by atoms with E-state index in [0.29, 0.717) is 22.6 Å². The normalized spacial score (nSPS) is 9.50. The van der Waals surface area contributed by atoms with Gasteiger partial charge in [0.25, 0.3) is 0 Å². The molecule has 0 atom stereocenters. The van der Waals surface area contributed by atoms with Crippen molar-refractivity contribution in [3.05, 3.63) is 28.8 Å². The van der Waals surface area contributed by atoms with Crippen molar-refractivity contribution in [3.8, 4) is 5.75 Å². The van der Waals surface area contributed by atoms with Crippen LogP contribution in [0.4, 0.5) is 0 Å². The molecule has 0 bridgehead atoms. The highest BCUT2D eigenvalue weighted by atomic mass is 79.9. The lowest BCUT2D eigenvalue weighted by Crippen LogP contribution is -1.83. The molecule has 0 aliphatic rings. The van der Waals surface area contributed by atoms with Crippen molar-refractivity contribution in [1.82, 2.24) is 0 Å². The molecular weight excluding hydrogens is 263 g/mol. The van der Waals surface area contributed by atoms with Crippen molar-refractivity contribution in [1.29, 1.82) is 0 Å². The first kappa shape index (κ1) is 9.89. The molecule has 0 N–H and O–H groups in total. The molecule has 12 heavy (non-hydrogen) atoms. The van der Waals surface area contributed by atoms with E-state index in [1.165, 1.54) is 0 Å². The molecule has 0 fully saturated rings. The number of carbonyl (C=O) groups excluding carboxylic acids is 1. The molecule has 0 heterocycles. The maximum Gasteiger partial charge on any atom is 0.151 e. The predicted octanol–water partition coefficient (Wildman–Crippen LogP) is 3.49. The van der Waals surface area contributed by atoms with Gasteiger partial charge in [0.2, 0.25) is 0 Å². The number of hydrogen-bond acceptors (Lipinski definition) is 3. The van der Waals surface area contributed by atoms with Crippen LogP contribution in [0, 0.1) is 0 Å². The first-order chi connectivity index (χ1) is 5.77. The summed E-state index contributed by atoms with van der Waals surface area (Å²) in [4.78, 5) is 10.4. The monoisotopic (exact) mass is 266 g/mol. The van der Waals surface area contributed by atoms with Crippen LogP contribution in [-0.4, -0.2) is 6.29 Å². The molecule has 1 aromatic carbocycles. The molecule has 2 nitrogen and oxygen atoms in total. The fraction of sp³-hybridized carbons (Fsp3) is 0. The second kappa shape index (κ2) is 4.74. The lowest BCUT2D eigenvalue weighted by atomic mass is 10.2. The molecule has 0 radical (unpaired) electrons. The second-order valence-corrected chi connectivity index (χ2v) is 3.44. The Bertz CT molecular complexity index is 293. The number of hydrogen-bond donors (Lipinski definition) is 0. The summed E-state index contributed by atoms with van der Waals surface area (Å²) in [6.45, 7) is 0. The van der Waals surface area contributed by atoms with Crippen LogP contribution >= 0.6 is 36.9 Å². The third kappa shape index (κ3) is 2.40. The van der Waals surface area contributed by atoms with Gasteiger partial charge in [-0.2, -0.15) is 0 Å². The topological polar surface area (TPSA) is 26.3 Å². The molecule has 0 saturated carbocycles. The van der Waals surface area contributed by atoms with Crippen LogP contribution in [0.25, 0.3) is 0 Å². The van der Waals surface area contributed by atoms with Crippen molar-refractivity contribution in [2.75, 3.05) is 0 Å². The summed E-state index contributed by atoms with van der Waals surface area (Å²) in [7, 11) is 1.04. The number of aldehydes is 1. The molecule has 64 valence electrons. The molecule has 1 rings (SSSR count). The quantitative estimate of drug-likeness (QED) is 0.619. The van der Waals surface area contributed by atoms with E-state index in [1.807, 2.05) is 0 Å². The van der Waals surface area contributed by atoms with Crippen LogP contribution in [0.1, 0.15) is 10.4 Å². The van der Waals surface area contributed by atoms with Gasteiger partial charge in [0.1, 0.15) is 16.2 Å². The molecular formula is C7H4BrClO2S. The zero-order valence-corrected chi connectivity index (χ0v) is 8.95. The van der Waals surface area contributed by atoms with Crippen molar-refractivity contribution < 1.29 is 8.98 Å². The lowest BCUT2D eigenvalue weighted by molar-refractivity contribution is 0.112. The maximum atomic E-state index is 10.4. The molecule has 0 unspecified atom stereocenters.